The summed E-state index contributed by atoms with van der Waals surface area (Å²) < 4.78 is 4.71. The second kappa shape index (κ2) is 12.6. The third-order valence-electron chi connectivity index (χ3n) is 5.44. The molecule has 3 aromatic rings. The zero-order chi connectivity index (χ0) is 26.1. The number of rotatable bonds is 10. The van der Waals surface area contributed by atoms with Crippen molar-refractivity contribution in [2.75, 3.05) is 12.4 Å². The Balaban J connectivity index is 1.63. The second-order valence-electron chi connectivity index (χ2n) is 8.13. The van der Waals surface area contributed by atoms with Crippen molar-refractivity contribution < 1.29 is 24.2 Å². The molecule has 0 fully saturated rings. The average Bonchev–Trinajstić information content (AvgIpc) is 3.24. The van der Waals surface area contributed by atoms with Crippen molar-refractivity contribution in [2.24, 2.45) is 5.10 Å². The monoisotopic (exact) mass is 507 g/mol. The van der Waals surface area contributed by atoms with Crippen molar-refractivity contribution in [3.63, 3.8) is 0 Å². The first kappa shape index (κ1) is 26.6. The van der Waals surface area contributed by atoms with Gasteiger partial charge in [-0.15, -0.1) is 11.3 Å². The normalized spacial score (nSPS) is 10.9. The Bertz CT molecular complexity index is 1260. The van der Waals surface area contributed by atoms with Crippen LogP contribution in [-0.4, -0.2) is 36.2 Å². The molecule has 36 heavy (non-hydrogen) atoms. The third-order valence-corrected chi connectivity index (χ3v) is 6.51. The average molecular weight is 508 g/mol. The lowest BCUT2D eigenvalue weighted by Gasteiger charge is -2.10. The van der Waals surface area contributed by atoms with Gasteiger partial charge in [-0.3, -0.25) is 9.59 Å². The topological polar surface area (TPSA) is 117 Å². The predicted molar refractivity (Wildman–Crippen MR) is 142 cm³/mol. The molecule has 0 bridgehead atoms. The molecule has 0 aliphatic carbocycles. The molecule has 0 aliphatic heterocycles. The number of carbonyl (C=O) groups is 3. The van der Waals surface area contributed by atoms with E-state index in [0.29, 0.717) is 12.0 Å². The van der Waals surface area contributed by atoms with Crippen molar-refractivity contribution in [3.8, 4) is 16.2 Å². The summed E-state index contributed by atoms with van der Waals surface area (Å²) in [6.07, 6.45) is 5.17. The van der Waals surface area contributed by atoms with Crippen LogP contribution in [0, 0.1) is 0 Å². The number of methoxy groups -OCH3 is 1. The fourth-order valence-electron chi connectivity index (χ4n) is 3.52. The molecule has 0 unspecified atom stereocenters. The van der Waals surface area contributed by atoms with E-state index in [0.717, 1.165) is 29.7 Å². The minimum absolute atomic E-state index is 0.132. The third kappa shape index (κ3) is 6.79. The van der Waals surface area contributed by atoms with E-state index < -0.39 is 17.8 Å². The summed E-state index contributed by atoms with van der Waals surface area (Å²) in [6.45, 7) is 3.47. The molecule has 0 saturated carbocycles. The largest absolute Gasteiger partial charge is 0.506 e. The minimum atomic E-state index is -0.633. The number of benzene rings is 2. The van der Waals surface area contributed by atoms with Gasteiger partial charge in [0.15, 0.2) is 0 Å². The fourth-order valence-corrected chi connectivity index (χ4v) is 4.50. The van der Waals surface area contributed by atoms with Crippen LogP contribution in [0.1, 0.15) is 58.5 Å². The maximum Gasteiger partial charge on any atom is 0.339 e. The highest BCUT2D eigenvalue weighted by Gasteiger charge is 2.16. The van der Waals surface area contributed by atoms with Gasteiger partial charge < -0.3 is 15.2 Å². The van der Waals surface area contributed by atoms with Gasteiger partial charge in [0.2, 0.25) is 5.91 Å². The smallest absolute Gasteiger partial charge is 0.339 e. The SMILES string of the molecule is CCCCc1ccc(-c2scc(CC=NNC(=O)c3ccc(C(=O)OC)c(NC(C)=O)c3)c2O)cc1. The Labute approximate surface area is 214 Å². The van der Waals surface area contributed by atoms with Crippen LogP contribution in [0.25, 0.3) is 10.4 Å². The first-order chi connectivity index (χ1) is 17.3. The highest BCUT2D eigenvalue weighted by atomic mass is 32.1. The summed E-state index contributed by atoms with van der Waals surface area (Å²) in [4.78, 5) is 36.7. The van der Waals surface area contributed by atoms with E-state index >= 15 is 0 Å². The van der Waals surface area contributed by atoms with Gasteiger partial charge in [0.25, 0.3) is 5.91 Å². The standard InChI is InChI=1S/C27H29N3O5S/c1-4-5-6-18-7-9-19(10-8-18)25-24(32)21(16-36-25)13-14-28-30-26(33)20-11-12-22(27(34)35-3)23(15-20)29-17(2)31/h7-12,14-16,32H,4-6,13H2,1-3H3,(H,29,31)(H,30,33). The lowest BCUT2D eigenvalue weighted by molar-refractivity contribution is -0.114. The minimum Gasteiger partial charge on any atom is -0.506 e. The summed E-state index contributed by atoms with van der Waals surface area (Å²) in [5, 5.41) is 19.0. The van der Waals surface area contributed by atoms with Crippen LogP contribution in [0.5, 0.6) is 5.75 Å². The molecule has 188 valence electrons. The maximum absolute atomic E-state index is 12.5. The van der Waals surface area contributed by atoms with E-state index in [1.807, 2.05) is 17.5 Å². The number of carbonyl (C=O) groups excluding carboxylic acids is 3. The fraction of sp³-hybridized carbons (Fsp3) is 0.259. The first-order valence-corrected chi connectivity index (χ1v) is 12.4. The van der Waals surface area contributed by atoms with Crippen LogP contribution in [0.3, 0.4) is 0 Å². The number of hydrogen-bond acceptors (Lipinski definition) is 7. The predicted octanol–water partition coefficient (Wildman–Crippen LogP) is 5.17. The van der Waals surface area contributed by atoms with Crippen molar-refractivity contribution in [1.29, 1.82) is 0 Å². The number of aromatic hydroxyl groups is 1. The zero-order valence-corrected chi connectivity index (χ0v) is 21.3. The van der Waals surface area contributed by atoms with Gasteiger partial charge in [0.05, 0.1) is 23.2 Å². The maximum atomic E-state index is 12.5. The number of unbranched alkanes of at least 4 members (excludes halogenated alkanes) is 1. The first-order valence-electron chi connectivity index (χ1n) is 11.5. The summed E-state index contributed by atoms with van der Waals surface area (Å²) in [6, 6.07) is 12.4. The van der Waals surface area contributed by atoms with E-state index in [4.69, 9.17) is 4.74 Å². The molecule has 3 rings (SSSR count). The number of nitrogens with one attached hydrogen (secondary N) is 2. The Morgan fingerprint density at radius 1 is 1.14 bits per heavy atom. The van der Waals surface area contributed by atoms with Crippen LogP contribution in [0.4, 0.5) is 5.69 Å². The molecule has 0 spiro atoms. The van der Waals surface area contributed by atoms with Gasteiger partial charge in [0, 0.05) is 30.7 Å². The number of nitrogens with zero attached hydrogens (tertiary/aromatic N) is 1. The Morgan fingerprint density at radius 3 is 2.56 bits per heavy atom. The highest BCUT2D eigenvalue weighted by Crippen LogP contribution is 2.38. The van der Waals surface area contributed by atoms with Crippen molar-refractivity contribution in [2.45, 2.75) is 39.5 Å². The molecule has 2 aromatic carbocycles. The van der Waals surface area contributed by atoms with Gasteiger partial charge in [-0.2, -0.15) is 5.10 Å². The zero-order valence-electron chi connectivity index (χ0n) is 20.5. The van der Waals surface area contributed by atoms with Crippen molar-refractivity contribution in [1.82, 2.24) is 5.43 Å². The van der Waals surface area contributed by atoms with Crippen LogP contribution < -0.4 is 10.7 Å². The molecule has 2 amide bonds. The molecule has 0 atom stereocenters. The van der Waals surface area contributed by atoms with Gasteiger partial charge in [-0.25, -0.2) is 10.2 Å². The lowest BCUT2D eigenvalue weighted by Crippen LogP contribution is -2.19. The summed E-state index contributed by atoms with van der Waals surface area (Å²) in [5.74, 6) is -1.34. The number of anilines is 1. The molecule has 0 aliphatic rings. The highest BCUT2D eigenvalue weighted by molar-refractivity contribution is 7.14. The van der Waals surface area contributed by atoms with E-state index in [9.17, 15) is 19.5 Å². The summed E-state index contributed by atoms with van der Waals surface area (Å²) in [5.41, 5.74) is 5.86. The molecule has 1 aromatic heterocycles. The molecule has 0 radical (unpaired) electrons. The molecular weight excluding hydrogens is 478 g/mol. The number of amides is 2. The van der Waals surface area contributed by atoms with E-state index in [2.05, 4.69) is 34.9 Å². The van der Waals surface area contributed by atoms with Crippen LogP contribution in [-0.2, 0) is 22.4 Å². The number of hydrazone groups is 1. The molecule has 1 heterocycles. The number of thiophene rings is 1. The molecule has 0 saturated heterocycles. The van der Waals surface area contributed by atoms with E-state index in [1.165, 1.54) is 55.3 Å². The lowest BCUT2D eigenvalue weighted by atomic mass is 10.0. The number of ether oxygens (including phenoxy) is 1. The van der Waals surface area contributed by atoms with Crippen molar-refractivity contribution in [3.05, 3.63) is 70.1 Å². The second-order valence-corrected chi connectivity index (χ2v) is 9.01. The van der Waals surface area contributed by atoms with Crippen LogP contribution in [0.2, 0.25) is 0 Å². The van der Waals surface area contributed by atoms with Gasteiger partial charge in [-0.05, 0) is 47.5 Å². The summed E-state index contributed by atoms with van der Waals surface area (Å²) >= 11 is 1.45. The van der Waals surface area contributed by atoms with E-state index in [1.54, 1.807) is 0 Å². The van der Waals surface area contributed by atoms with Gasteiger partial charge in [-0.1, -0.05) is 37.6 Å². The summed E-state index contributed by atoms with van der Waals surface area (Å²) in [7, 11) is 1.23. The quantitative estimate of drug-likeness (QED) is 0.199. The Kier molecular flexibility index (Phi) is 9.35. The van der Waals surface area contributed by atoms with Gasteiger partial charge in [0.1, 0.15) is 5.75 Å². The number of aryl methyl sites for hydroxylation is 1. The van der Waals surface area contributed by atoms with E-state index in [-0.39, 0.29) is 22.6 Å². The number of esters is 1. The Hall–Kier alpha value is -3.98. The van der Waals surface area contributed by atoms with Crippen molar-refractivity contribution >= 4 is 41.0 Å². The molecule has 8 nitrogen and oxygen atoms in total. The number of hydrogen-bond donors (Lipinski definition) is 3. The Morgan fingerprint density at radius 2 is 1.89 bits per heavy atom. The van der Waals surface area contributed by atoms with Gasteiger partial charge >= 0.3 is 5.97 Å². The molecule has 3 N–H and O–H groups in total. The molecular formula is C27H29N3O5S. The van der Waals surface area contributed by atoms with Crippen LogP contribution >= 0.6 is 11.3 Å². The van der Waals surface area contributed by atoms with Crippen LogP contribution in [0.15, 0.2) is 52.9 Å². The molecule has 9 heteroatoms.